The molecule has 0 N–H and O–H groups in total. The average molecular weight is 2030 g/mol. The predicted molar refractivity (Wildman–Crippen MR) is 642 cm³/mol. The summed E-state index contributed by atoms with van der Waals surface area (Å²) in [6, 6.07) is 67.7. The van der Waals surface area contributed by atoms with Crippen LogP contribution in [0, 0.1) is 71.0 Å². The highest BCUT2D eigenvalue weighted by Crippen LogP contribution is 2.71. The van der Waals surface area contributed by atoms with E-state index in [0.29, 0.717) is 58.4 Å². The van der Waals surface area contributed by atoms with Gasteiger partial charge < -0.3 is 18.3 Å². The van der Waals surface area contributed by atoms with Crippen molar-refractivity contribution < 1.29 is 0 Å². The highest BCUT2D eigenvalue weighted by Gasteiger charge is 2.67. The molecular weight excluding hydrogens is 1830 g/mol. The van der Waals surface area contributed by atoms with E-state index in [0.717, 1.165) is 58.7 Å². The number of hydrogen-bond donors (Lipinski definition) is 0. The van der Waals surface area contributed by atoms with Gasteiger partial charge in [0.25, 0.3) is 0 Å². The molecule has 0 bridgehead atoms. The van der Waals surface area contributed by atoms with Gasteiger partial charge in [0.1, 0.15) is 32.9 Å². The molecule has 788 valence electrons. The Morgan fingerprint density at radius 2 is 0.616 bits per heavy atom. The lowest BCUT2D eigenvalue weighted by Crippen LogP contribution is -2.68. The fourth-order valence-electron chi connectivity index (χ4n) is 39.6. The van der Waals surface area contributed by atoms with Crippen LogP contribution in [-0.4, -0.2) is 96.5 Å². The van der Waals surface area contributed by atoms with E-state index in [2.05, 4.69) is 458 Å². The molecule has 16 aliphatic rings. The van der Waals surface area contributed by atoms with Crippen LogP contribution in [0.1, 0.15) is 391 Å². The molecule has 18 atom stereocenters. The van der Waals surface area contributed by atoms with Gasteiger partial charge in [-0.25, -0.2) is 0 Å². The van der Waals surface area contributed by atoms with E-state index in [9.17, 15) is 0 Å². The minimum absolute atomic E-state index is 0.0613. The summed E-state index contributed by atoms with van der Waals surface area (Å²) in [5, 5.41) is 0. The van der Waals surface area contributed by atoms with E-state index in [1.165, 1.54) is 171 Å². The zero-order valence-corrected chi connectivity index (χ0v) is 103. The molecule has 0 aromatic heterocycles. The molecule has 0 spiro atoms. The summed E-state index contributed by atoms with van der Waals surface area (Å²) < 4.78 is 12.5. The van der Waals surface area contributed by atoms with Crippen LogP contribution < -0.4 is 0 Å². The van der Waals surface area contributed by atoms with Crippen molar-refractivity contribution in [1.29, 1.82) is 0 Å². The Morgan fingerprint density at radius 1 is 0.288 bits per heavy atom. The quantitative estimate of drug-likeness (QED) is 0.113. The summed E-state index contributed by atoms with van der Waals surface area (Å²) in [7, 11) is -7.21. The molecule has 0 amide bonds. The highest BCUT2D eigenvalue weighted by molar-refractivity contribution is 6.80. The van der Waals surface area contributed by atoms with Crippen LogP contribution in [0.2, 0.25) is 72.5 Å². The van der Waals surface area contributed by atoms with Crippen LogP contribution in [0.3, 0.4) is 0 Å². The van der Waals surface area contributed by atoms with Crippen LogP contribution in [-0.2, 0) is 21.7 Å². The van der Waals surface area contributed by atoms with Gasteiger partial charge in [0.2, 0.25) is 0 Å². The molecule has 4 nitrogen and oxygen atoms in total. The van der Waals surface area contributed by atoms with Gasteiger partial charge in [-0.15, -0.1) is 0 Å². The molecular formula is C138H200N4Si4. The Balaban J connectivity index is 0.000000123. The van der Waals surface area contributed by atoms with Crippen molar-refractivity contribution in [2.24, 2.45) is 71.0 Å². The van der Waals surface area contributed by atoms with Crippen molar-refractivity contribution in [2.75, 3.05) is 0 Å². The van der Waals surface area contributed by atoms with Crippen molar-refractivity contribution in [2.45, 2.75) is 475 Å². The van der Waals surface area contributed by atoms with E-state index in [-0.39, 0.29) is 54.9 Å². The van der Waals surface area contributed by atoms with Crippen molar-refractivity contribution in [3.8, 4) is 0 Å². The molecule has 2 saturated heterocycles. The number of rotatable bonds is 12. The summed E-state index contributed by atoms with van der Waals surface area (Å²) in [6.45, 7) is 85.6. The van der Waals surface area contributed by atoms with Gasteiger partial charge >= 0.3 is 0 Å². The Bertz CT molecular complexity index is 5990. The number of benzene rings is 6. The van der Waals surface area contributed by atoms with Gasteiger partial charge in [-0.1, -0.05) is 393 Å². The van der Waals surface area contributed by atoms with Crippen molar-refractivity contribution >= 4 is 55.2 Å². The third-order valence-corrected chi connectivity index (χ3v) is 65.7. The molecule has 6 aromatic carbocycles. The fraction of sp³-hybridized carbons (Fsp3) is 0.623. The molecule has 2 aliphatic heterocycles. The molecule has 6 aromatic rings. The first-order chi connectivity index (χ1) is 68.4. The number of nitrogens with zero attached hydrogens (tertiary/aromatic N) is 4. The first-order valence-corrected chi connectivity index (χ1v) is 70.8. The standard InChI is InChI=1S/C35H53NSi.C35H49NSi.C34H51NSi.C34H47NSi/c1-24-25(2)33(30-22-29-27-18-12-13-19-31(27)35(6,7)32(29)23-28(24)30)37(20-14-9-15-21-37)36(34(3,4)5)26-16-10-8-11-17-26;1-23-31(24-17-13-12-14-18-24)27-22-30-26(25-19-15-16-20-29(25)35(30,8)9)21-28(27)32(23)37(10,11)36(33(2,3)4)34(5,6)7;1-24-21-25-22-31-29(27-17-11-12-18-30(27)34(31,5)6)23-28(25)32(24)36(19-13-8-14-20-36)35(33(2,3)4)26-15-9-7-10-16-26;1-32(2,3)35(33(4,5)6)36(9,10)31-22-25(23-16-12-11-13-17-23)26-21-30-27(20-28(26)31)24-18-14-15-19-29(24)34(30,7)8/h12-13,18-19,22-26,28,30,33H,8-11,14-17,20-21H2,1-7H3;12-23,27-28,31-32H,1-11H3;11-12,17-18,22-26,28,32H,7-10,13-16,19-21H2,1-6H3;11-21,25-26,28,31H,22H2,1-10H3. The van der Waals surface area contributed by atoms with Crippen LogP contribution in [0.15, 0.2) is 229 Å². The number of fused-ring (bicyclic) bond motifs is 16. The lowest BCUT2D eigenvalue weighted by Gasteiger charge is -2.60. The van der Waals surface area contributed by atoms with Gasteiger partial charge in [-0.2, -0.15) is 0 Å². The molecule has 146 heavy (non-hydrogen) atoms. The van der Waals surface area contributed by atoms with Crippen molar-refractivity contribution in [3.63, 3.8) is 0 Å². The Kier molecular flexibility index (Phi) is 29.0. The zero-order chi connectivity index (χ0) is 105. The monoisotopic (exact) mass is 2030 g/mol. The summed E-state index contributed by atoms with van der Waals surface area (Å²) in [4.78, 5) is 0. The lowest BCUT2D eigenvalue weighted by molar-refractivity contribution is 0.120. The normalized spacial score (nSPS) is 31.2. The number of allylic oxidation sites excluding steroid dienone is 16. The van der Waals surface area contributed by atoms with Crippen LogP contribution in [0.4, 0.5) is 0 Å². The largest absolute Gasteiger partial charge is 0.316 e. The van der Waals surface area contributed by atoms with Crippen LogP contribution >= 0.6 is 0 Å². The first kappa shape index (κ1) is 108. The van der Waals surface area contributed by atoms with Gasteiger partial charge in [-0.3, -0.25) is 0 Å². The molecule has 8 heteroatoms. The SMILES string of the molecule is CC1(C)C2=CC3C(c4ccccc4)CC([Si](C)(C)N(C(C)(C)C)C(C)(C)C)C3C=C2c2ccccc21.CC1C(C)C([Si]2(N(C3CCCCC3)C(C)(C)C)CCCCC2)C2C=C3C(=CC12)C(C)(C)c1ccccc13.CC1C(c2ccccc2)C2C=C3C(=CC2C1[Si](C)(C)N(C(C)(C)C)C(C)(C)C)c1ccccc1C3(C)C.CC1CC2C=C3C(=CC2C1[Si]1(N(C2CCCCC2)C(C)(C)C)CCCCC1)c1ccccc1C3(C)C. The van der Waals surface area contributed by atoms with E-state index in [1.807, 2.05) is 0 Å². The smallest absolute Gasteiger partial charge is 0.133 e. The minimum Gasteiger partial charge on any atom is -0.316 e. The van der Waals surface area contributed by atoms with Gasteiger partial charge in [0.15, 0.2) is 0 Å². The Hall–Kier alpha value is -6.05. The Morgan fingerprint density at radius 3 is 1.01 bits per heavy atom. The zero-order valence-electron chi connectivity index (χ0n) is 98.5. The summed E-state index contributed by atoms with van der Waals surface area (Å²) in [6.07, 6.45) is 48.4. The van der Waals surface area contributed by atoms with Gasteiger partial charge in [0, 0.05) is 67.0 Å². The van der Waals surface area contributed by atoms with Gasteiger partial charge in [-0.05, 0) is 393 Å². The summed E-state index contributed by atoms with van der Waals surface area (Å²) in [5.74, 6) is 9.40. The van der Waals surface area contributed by atoms with E-state index in [1.54, 1.807) is 68.7 Å². The molecule has 18 unspecified atom stereocenters. The maximum Gasteiger partial charge on any atom is 0.133 e. The third-order valence-electron chi connectivity index (χ3n) is 42.6. The van der Waals surface area contributed by atoms with Crippen LogP contribution in [0.5, 0.6) is 0 Å². The van der Waals surface area contributed by atoms with E-state index < -0.39 is 32.9 Å². The predicted octanol–water partition coefficient (Wildman–Crippen LogP) is 37.9. The second-order valence-electron chi connectivity index (χ2n) is 59.8. The van der Waals surface area contributed by atoms with Crippen molar-refractivity contribution in [1.82, 2.24) is 18.3 Å². The minimum atomic E-state index is -1.93. The molecule has 6 saturated carbocycles. The van der Waals surface area contributed by atoms with Crippen LogP contribution in [0.25, 0.3) is 22.3 Å². The van der Waals surface area contributed by atoms with Crippen molar-refractivity contribution in [3.05, 3.63) is 284 Å². The highest BCUT2D eigenvalue weighted by atomic mass is 28.3. The molecule has 22 rings (SSSR count). The number of hydrogen-bond acceptors (Lipinski definition) is 4. The first-order valence-electron chi connectivity index (χ1n) is 59.9. The lowest BCUT2D eigenvalue weighted by atomic mass is 9.73. The second-order valence-corrected chi connectivity index (χ2v) is 77.5. The van der Waals surface area contributed by atoms with Gasteiger partial charge in [0.05, 0.1) is 0 Å². The molecule has 14 aliphatic carbocycles. The third kappa shape index (κ3) is 18.5. The second kappa shape index (κ2) is 39.1. The van der Waals surface area contributed by atoms with E-state index >= 15 is 0 Å². The van der Waals surface area contributed by atoms with E-state index in [4.69, 9.17) is 0 Å². The molecule has 2 heterocycles. The maximum atomic E-state index is 3.32. The summed E-state index contributed by atoms with van der Waals surface area (Å²) >= 11 is 0. The average Bonchev–Trinajstić information content (AvgIpc) is 1.55. The maximum absolute atomic E-state index is 3.32. The summed E-state index contributed by atoms with van der Waals surface area (Å²) in [5.41, 5.74) is 32.5. The topological polar surface area (TPSA) is 13.0 Å². The fourth-order valence-corrected chi connectivity index (χ4v) is 68.1. The molecule has 8 fully saturated rings. The molecule has 0 radical (unpaired) electrons. The Labute approximate surface area is 896 Å².